The van der Waals surface area contributed by atoms with Crippen molar-refractivity contribution < 1.29 is 8.94 Å². The Hall–Kier alpha value is -2.24. The van der Waals surface area contributed by atoms with Gasteiger partial charge in [-0.15, -0.1) is 0 Å². The van der Waals surface area contributed by atoms with Crippen LogP contribution in [0.25, 0.3) is 0 Å². The SMILES string of the molecule is CCC(CC)c1cc(CNC(=NC)NCc2cc(C)oc2C)on1. The molecule has 2 N–H and O–H groups in total. The van der Waals surface area contributed by atoms with E-state index in [2.05, 4.69) is 34.6 Å². The molecule has 2 aromatic rings. The molecular formula is C18H28N4O2. The predicted molar refractivity (Wildman–Crippen MR) is 95.0 cm³/mol. The van der Waals surface area contributed by atoms with Gasteiger partial charge in [0, 0.05) is 31.1 Å². The first-order valence-electron chi connectivity index (χ1n) is 8.53. The molecule has 0 aliphatic carbocycles. The van der Waals surface area contributed by atoms with Gasteiger partial charge >= 0.3 is 0 Å². The number of nitrogens with one attached hydrogen (secondary N) is 2. The Morgan fingerprint density at radius 1 is 1.17 bits per heavy atom. The van der Waals surface area contributed by atoms with E-state index in [0.717, 1.165) is 41.4 Å². The van der Waals surface area contributed by atoms with Gasteiger partial charge in [0.1, 0.15) is 11.5 Å². The van der Waals surface area contributed by atoms with Crippen LogP contribution in [0.3, 0.4) is 0 Å². The molecular weight excluding hydrogens is 304 g/mol. The van der Waals surface area contributed by atoms with Crippen LogP contribution in [-0.4, -0.2) is 18.2 Å². The summed E-state index contributed by atoms with van der Waals surface area (Å²) >= 11 is 0. The molecule has 0 spiro atoms. The number of guanidine groups is 1. The lowest BCUT2D eigenvalue weighted by Gasteiger charge is -2.10. The average molecular weight is 332 g/mol. The van der Waals surface area contributed by atoms with Gasteiger partial charge in [0.25, 0.3) is 0 Å². The van der Waals surface area contributed by atoms with E-state index in [1.807, 2.05) is 26.0 Å². The zero-order valence-electron chi connectivity index (χ0n) is 15.3. The van der Waals surface area contributed by atoms with Gasteiger partial charge in [0.05, 0.1) is 12.2 Å². The van der Waals surface area contributed by atoms with E-state index >= 15 is 0 Å². The van der Waals surface area contributed by atoms with E-state index in [0.29, 0.717) is 25.0 Å². The van der Waals surface area contributed by atoms with Crippen molar-refractivity contribution in [3.05, 3.63) is 40.7 Å². The maximum absolute atomic E-state index is 5.53. The summed E-state index contributed by atoms with van der Waals surface area (Å²) in [7, 11) is 1.75. The van der Waals surface area contributed by atoms with Crippen molar-refractivity contribution in [3.63, 3.8) is 0 Å². The number of furan rings is 1. The van der Waals surface area contributed by atoms with E-state index < -0.39 is 0 Å². The molecule has 0 saturated heterocycles. The third-order valence-corrected chi connectivity index (χ3v) is 4.22. The quantitative estimate of drug-likeness (QED) is 0.598. The van der Waals surface area contributed by atoms with E-state index in [4.69, 9.17) is 8.94 Å². The lowest BCUT2D eigenvalue weighted by atomic mass is 9.99. The molecule has 0 bridgehead atoms. The van der Waals surface area contributed by atoms with Crippen molar-refractivity contribution in [1.82, 2.24) is 15.8 Å². The number of rotatable bonds is 7. The highest BCUT2D eigenvalue weighted by Crippen LogP contribution is 2.22. The molecule has 0 atom stereocenters. The van der Waals surface area contributed by atoms with Crippen LogP contribution < -0.4 is 10.6 Å². The van der Waals surface area contributed by atoms with Gasteiger partial charge in [-0.3, -0.25) is 4.99 Å². The van der Waals surface area contributed by atoms with Gasteiger partial charge in [-0.2, -0.15) is 0 Å². The lowest BCUT2D eigenvalue weighted by molar-refractivity contribution is 0.368. The van der Waals surface area contributed by atoms with Crippen LogP contribution in [0.5, 0.6) is 0 Å². The zero-order chi connectivity index (χ0) is 17.5. The Labute approximate surface area is 143 Å². The van der Waals surface area contributed by atoms with Crippen molar-refractivity contribution in [2.24, 2.45) is 4.99 Å². The topological polar surface area (TPSA) is 75.6 Å². The molecule has 24 heavy (non-hydrogen) atoms. The minimum absolute atomic E-state index is 0.465. The third kappa shape index (κ3) is 4.63. The summed E-state index contributed by atoms with van der Waals surface area (Å²) in [6.07, 6.45) is 2.14. The monoisotopic (exact) mass is 332 g/mol. The van der Waals surface area contributed by atoms with Crippen LogP contribution in [0, 0.1) is 13.8 Å². The molecule has 0 aliphatic heterocycles. The van der Waals surface area contributed by atoms with Crippen molar-refractivity contribution in [3.8, 4) is 0 Å². The minimum Gasteiger partial charge on any atom is -0.466 e. The van der Waals surface area contributed by atoms with Crippen LogP contribution in [0.4, 0.5) is 0 Å². The highest BCUT2D eigenvalue weighted by Gasteiger charge is 2.13. The van der Waals surface area contributed by atoms with Crippen molar-refractivity contribution in [2.45, 2.75) is 59.5 Å². The molecule has 132 valence electrons. The van der Waals surface area contributed by atoms with Crippen LogP contribution >= 0.6 is 0 Å². The fourth-order valence-corrected chi connectivity index (χ4v) is 2.74. The Balaban J connectivity index is 1.86. The molecule has 0 unspecified atom stereocenters. The van der Waals surface area contributed by atoms with Crippen molar-refractivity contribution in [1.29, 1.82) is 0 Å². The Morgan fingerprint density at radius 3 is 2.46 bits per heavy atom. The summed E-state index contributed by atoms with van der Waals surface area (Å²) in [6, 6.07) is 4.06. The fraction of sp³-hybridized carbons (Fsp3) is 0.556. The normalized spacial score (nSPS) is 12.0. The van der Waals surface area contributed by atoms with E-state index in [9.17, 15) is 0 Å². The Bertz CT molecular complexity index is 668. The largest absolute Gasteiger partial charge is 0.466 e. The molecule has 0 radical (unpaired) electrons. The molecule has 0 amide bonds. The van der Waals surface area contributed by atoms with Crippen LogP contribution in [0.1, 0.15) is 61.1 Å². The predicted octanol–water partition coefficient (Wildman–Crippen LogP) is 3.65. The molecule has 2 rings (SSSR count). The van der Waals surface area contributed by atoms with Gasteiger partial charge in [0.2, 0.25) is 0 Å². The lowest BCUT2D eigenvalue weighted by Crippen LogP contribution is -2.36. The summed E-state index contributed by atoms with van der Waals surface area (Å²) < 4.78 is 11.0. The molecule has 2 aromatic heterocycles. The van der Waals surface area contributed by atoms with Crippen molar-refractivity contribution >= 4 is 5.96 Å². The number of hydrogen-bond acceptors (Lipinski definition) is 4. The second-order valence-electron chi connectivity index (χ2n) is 5.95. The molecule has 0 aliphatic rings. The molecule has 0 fully saturated rings. The first-order valence-corrected chi connectivity index (χ1v) is 8.53. The number of hydrogen-bond donors (Lipinski definition) is 2. The maximum atomic E-state index is 5.53. The van der Waals surface area contributed by atoms with E-state index in [1.54, 1.807) is 7.05 Å². The summed E-state index contributed by atoms with van der Waals surface area (Å²) in [4.78, 5) is 4.23. The van der Waals surface area contributed by atoms with Gasteiger partial charge in [-0.1, -0.05) is 19.0 Å². The summed E-state index contributed by atoms with van der Waals surface area (Å²) in [5, 5.41) is 10.7. The highest BCUT2D eigenvalue weighted by atomic mass is 16.5. The Morgan fingerprint density at radius 2 is 1.88 bits per heavy atom. The van der Waals surface area contributed by atoms with E-state index in [-0.39, 0.29) is 0 Å². The average Bonchev–Trinajstić information content (AvgIpc) is 3.15. The van der Waals surface area contributed by atoms with Gasteiger partial charge in [-0.05, 0) is 32.8 Å². The number of aryl methyl sites for hydroxylation is 2. The zero-order valence-corrected chi connectivity index (χ0v) is 15.3. The molecule has 6 nitrogen and oxygen atoms in total. The first kappa shape index (κ1) is 18.1. The first-order chi connectivity index (χ1) is 11.6. The molecule has 0 saturated carbocycles. The molecule has 0 aromatic carbocycles. The van der Waals surface area contributed by atoms with Gasteiger partial charge in [-0.25, -0.2) is 0 Å². The maximum Gasteiger partial charge on any atom is 0.191 e. The third-order valence-electron chi connectivity index (χ3n) is 4.22. The minimum atomic E-state index is 0.465. The second-order valence-corrected chi connectivity index (χ2v) is 5.95. The second kappa shape index (κ2) is 8.57. The summed E-state index contributed by atoms with van der Waals surface area (Å²) in [5.41, 5.74) is 2.16. The number of aromatic nitrogens is 1. The fourth-order valence-electron chi connectivity index (χ4n) is 2.74. The van der Waals surface area contributed by atoms with Crippen molar-refractivity contribution in [2.75, 3.05) is 7.05 Å². The standard InChI is InChI=1S/C18H28N4O2/c1-6-14(7-2)17-9-16(24-22-17)11-21-18(19-5)20-10-15-8-12(3)23-13(15)4/h8-9,14H,6-7,10-11H2,1-5H3,(H2,19,20,21). The van der Waals surface area contributed by atoms with Crippen LogP contribution in [0.2, 0.25) is 0 Å². The smallest absolute Gasteiger partial charge is 0.191 e. The van der Waals surface area contributed by atoms with Crippen LogP contribution in [-0.2, 0) is 13.1 Å². The van der Waals surface area contributed by atoms with Gasteiger partial charge < -0.3 is 19.6 Å². The summed E-state index contributed by atoms with van der Waals surface area (Å²) in [5.74, 6) is 3.85. The van der Waals surface area contributed by atoms with E-state index in [1.165, 1.54) is 0 Å². The molecule has 6 heteroatoms. The molecule has 2 heterocycles. The Kier molecular flexibility index (Phi) is 6.46. The number of nitrogens with zero attached hydrogens (tertiary/aromatic N) is 2. The number of aliphatic imine (C=N–C) groups is 1. The highest BCUT2D eigenvalue weighted by molar-refractivity contribution is 5.79. The van der Waals surface area contributed by atoms with Crippen LogP contribution in [0.15, 0.2) is 26.1 Å². The summed E-state index contributed by atoms with van der Waals surface area (Å²) in [6.45, 7) is 9.48. The van der Waals surface area contributed by atoms with Gasteiger partial charge in [0.15, 0.2) is 11.7 Å².